The average Bonchev–Trinajstić information content (AvgIpc) is 3.25. The molecule has 274 valence electrons. The third-order valence-corrected chi connectivity index (χ3v) is 9.29. The second-order valence-electron chi connectivity index (χ2n) is 13.2. The van der Waals surface area contributed by atoms with Crippen LogP contribution in [0.25, 0.3) is 0 Å². The first-order valence-corrected chi connectivity index (χ1v) is 16.5. The van der Waals surface area contributed by atoms with E-state index in [1.165, 1.54) is 13.0 Å². The number of carboxylic acid groups (broad SMARTS) is 3. The molecule has 3 N–H and O–H groups in total. The number of carbonyl (C=O) groups excluding carboxylic acids is 3. The Bertz CT molecular complexity index is 1460. The summed E-state index contributed by atoms with van der Waals surface area (Å²) in [6.07, 6.45) is -3.33. The molecule has 14 nitrogen and oxygen atoms in total. The van der Waals surface area contributed by atoms with Crippen LogP contribution in [-0.4, -0.2) is 87.4 Å². The van der Waals surface area contributed by atoms with Crippen molar-refractivity contribution in [1.82, 2.24) is 0 Å². The summed E-state index contributed by atoms with van der Waals surface area (Å²) in [6.45, 7) is 12.9. The molecular formula is C36H46O14. The lowest BCUT2D eigenvalue weighted by Gasteiger charge is -2.44. The number of esters is 2. The number of aliphatic carboxylic acids is 3. The van der Waals surface area contributed by atoms with E-state index in [0.29, 0.717) is 17.9 Å². The van der Waals surface area contributed by atoms with Gasteiger partial charge >= 0.3 is 29.8 Å². The van der Waals surface area contributed by atoms with Crippen LogP contribution in [-0.2, 0) is 58.9 Å². The molecule has 0 radical (unpaired) electrons. The quantitative estimate of drug-likeness (QED) is 0.0613. The van der Waals surface area contributed by atoms with Gasteiger partial charge in [-0.1, -0.05) is 77.1 Å². The van der Waals surface area contributed by atoms with E-state index < -0.39 is 78.0 Å². The van der Waals surface area contributed by atoms with E-state index in [4.69, 9.17) is 23.7 Å². The van der Waals surface area contributed by atoms with Crippen LogP contribution < -0.4 is 0 Å². The lowest BCUT2D eigenvalue weighted by Crippen LogP contribution is -2.66. The number of rotatable bonds is 19. The first kappa shape index (κ1) is 39.9. The molecule has 50 heavy (non-hydrogen) atoms. The van der Waals surface area contributed by atoms with Crippen molar-refractivity contribution in [3.8, 4) is 0 Å². The molecule has 0 spiro atoms. The van der Waals surface area contributed by atoms with Crippen LogP contribution in [0.2, 0.25) is 0 Å². The maximum atomic E-state index is 13.2. The second kappa shape index (κ2) is 16.9. The van der Waals surface area contributed by atoms with Gasteiger partial charge < -0.3 is 39.0 Å². The van der Waals surface area contributed by atoms with Gasteiger partial charge in [0.1, 0.15) is 12.0 Å². The summed E-state index contributed by atoms with van der Waals surface area (Å²) >= 11 is 0. The second-order valence-corrected chi connectivity index (χ2v) is 13.2. The van der Waals surface area contributed by atoms with Gasteiger partial charge in [-0.15, -0.1) is 0 Å². The minimum absolute atomic E-state index is 0.0923. The number of fused-ring (bicyclic) bond motifs is 2. The monoisotopic (exact) mass is 702 g/mol. The fourth-order valence-electron chi connectivity index (χ4n) is 6.78. The minimum atomic E-state index is -3.08. The summed E-state index contributed by atoms with van der Waals surface area (Å²) < 4.78 is 28.1. The summed E-state index contributed by atoms with van der Waals surface area (Å²) in [6, 6.07) is 9.35. The van der Waals surface area contributed by atoms with E-state index in [1.807, 2.05) is 58.0 Å². The van der Waals surface area contributed by atoms with Gasteiger partial charge in [-0.2, -0.15) is 0 Å². The van der Waals surface area contributed by atoms with E-state index in [1.54, 1.807) is 0 Å². The van der Waals surface area contributed by atoms with Crippen LogP contribution in [0.1, 0.15) is 65.9 Å². The zero-order chi connectivity index (χ0) is 37.4. The predicted molar refractivity (Wildman–Crippen MR) is 174 cm³/mol. The Morgan fingerprint density at radius 2 is 1.68 bits per heavy atom. The van der Waals surface area contributed by atoms with Gasteiger partial charge in [0.25, 0.3) is 6.47 Å². The molecule has 2 aliphatic heterocycles. The number of benzene rings is 1. The van der Waals surface area contributed by atoms with Gasteiger partial charge in [0, 0.05) is 25.3 Å². The van der Waals surface area contributed by atoms with Crippen LogP contribution >= 0.6 is 0 Å². The number of allylic oxidation sites excluding steroid dienone is 1. The Hall–Kier alpha value is -4.56. The molecule has 0 unspecified atom stereocenters. The molecular weight excluding hydrogens is 656 g/mol. The fourth-order valence-corrected chi connectivity index (χ4v) is 6.78. The SMILES string of the molecule is C=C(CC[C@]12O[C@H](C(=O)O)[C@H](C(=O)O)[C@](C(=O)O)(O1)[C@H](OC(=O)/C=C/[C@@H](C)C[C@@H](C)CC)[C@H]2OC=O)[C@@H](OC(C)=O)[C@H](C)Cc1ccccc1. The van der Waals surface area contributed by atoms with E-state index in [-0.39, 0.29) is 24.7 Å². The fraction of sp³-hybridized carbons (Fsp3) is 0.556. The normalized spacial score (nSPS) is 28.1. The molecule has 0 saturated carbocycles. The third kappa shape index (κ3) is 8.77. The molecule has 2 fully saturated rings. The molecule has 0 aromatic heterocycles. The minimum Gasteiger partial charge on any atom is -0.481 e. The highest BCUT2D eigenvalue weighted by Crippen LogP contribution is 2.55. The highest BCUT2D eigenvalue weighted by Gasteiger charge is 2.80. The molecule has 1 aromatic carbocycles. The van der Waals surface area contributed by atoms with Gasteiger partial charge in [0.05, 0.1) is 0 Å². The number of carbonyl (C=O) groups is 6. The molecule has 0 amide bonds. The van der Waals surface area contributed by atoms with Crippen molar-refractivity contribution in [1.29, 1.82) is 0 Å². The van der Waals surface area contributed by atoms with E-state index in [2.05, 4.69) is 6.58 Å². The summed E-state index contributed by atoms with van der Waals surface area (Å²) in [7, 11) is 0. The third-order valence-electron chi connectivity index (χ3n) is 9.29. The van der Waals surface area contributed by atoms with Crippen LogP contribution in [0.5, 0.6) is 0 Å². The standard InChI is InChI=1S/C36H46O14/c1-7-20(2)17-21(3)13-14-26(39)48-31-30(46-19-37)35(49-29(33(42)43)27(32(40)41)36(31,50-35)34(44)45)16-15-22(4)28(47-24(6)38)23(5)18-25-11-9-8-10-12-25/h8-14,19-21,23,27-31H,4,7,15-18H2,1-3,5-6H3,(H,40,41)(H,42,43)(H,44,45)/b14-13+/t20-,21+,23+,27+,28+,29-,30+,31+,35-,36-/m0/s1. The lowest BCUT2D eigenvalue weighted by molar-refractivity contribution is -0.341. The Labute approximate surface area is 290 Å². The van der Waals surface area contributed by atoms with Crippen molar-refractivity contribution in [2.75, 3.05) is 0 Å². The van der Waals surface area contributed by atoms with Gasteiger partial charge in [-0.05, 0) is 42.2 Å². The van der Waals surface area contributed by atoms with Crippen molar-refractivity contribution in [3.05, 3.63) is 60.2 Å². The zero-order valence-electron chi connectivity index (χ0n) is 28.8. The predicted octanol–water partition coefficient (Wildman–Crippen LogP) is 3.95. The number of ether oxygens (including phenoxy) is 5. The Balaban J connectivity index is 2.05. The highest BCUT2D eigenvalue weighted by atomic mass is 16.8. The Morgan fingerprint density at radius 1 is 1.02 bits per heavy atom. The largest absolute Gasteiger partial charge is 0.481 e. The van der Waals surface area contributed by atoms with Crippen LogP contribution in [0.3, 0.4) is 0 Å². The molecule has 10 atom stereocenters. The molecule has 2 bridgehead atoms. The van der Waals surface area contributed by atoms with Crippen LogP contribution in [0.15, 0.2) is 54.6 Å². The molecule has 2 saturated heterocycles. The molecule has 1 aromatic rings. The highest BCUT2D eigenvalue weighted by molar-refractivity contribution is 5.93. The summed E-state index contributed by atoms with van der Waals surface area (Å²) in [5, 5.41) is 30.8. The van der Waals surface area contributed by atoms with Crippen molar-refractivity contribution in [2.24, 2.45) is 23.7 Å². The van der Waals surface area contributed by atoms with Crippen molar-refractivity contribution < 1.29 is 67.8 Å². The topological polar surface area (TPSA) is 209 Å². The maximum absolute atomic E-state index is 13.2. The molecule has 14 heteroatoms. The first-order valence-electron chi connectivity index (χ1n) is 16.5. The van der Waals surface area contributed by atoms with Gasteiger partial charge in [-0.25, -0.2) is 14.4 Å². The smallest absolute Gasteiger partial charge is 0.341 e. The first-order chi connectivity index (χ1) is 23.5. The molecule has 0 aliphatic carbocycles. The van der Waals surface area contributed by atoms with E-state index in [0.717, 1.165) is 24.5 Å². The van der Waals surface area contributed by atoms with E-state index in [9.17, 15) is 44.1 Å². The van der Waals surface area contributed by atoms with Crippen molar-refractivity contribution in [2.45, 2.75) is 103 Å². The molecule has 2 heterocycles. The van der Waals surface area contributed by atoms with Gasteiger partial charge in [-0.3, -0.25) is 14.4 Å². The number of hydrogen-bond acceptors (Lipinski definition) is 11. The van der Waals surface area contributed by atoms with Gasteiger partial charge in [0.15, 0.2) is 18.3 Å². The average molecular weight is 703 g/mol. The van der Waals surface area contributed by atoms with Gasteiger partial charge in [0.2, 0.25) is 11.4 Å². The Morgan fingerprint density at radius 3 is 2.22 bits per heavy atom. The molecule has 3 rings (SSSR count). The zero-order valence-corrected chi connectivity index (χ0v) is 28.8. The summed E-state index contributed by atoms with van der Waals surface area (Å²) in [5.74, 6) is -12.5. The van der Waals surface area contributed by atoms with E-state index >= 15 is 0 Å². The number of hydrogen-bond donors (Lipinski definition) is 3. The summed E-state index contributed by atoms with van der Waals surface area (Å²) in [4.78, 5) is 75.3. The molecule has 2 aliphatic rings. The maximum Gasteiger partial charge on any atom is 0.341 e. The van der Waals surface area contributed by atoms with Crippen LogP contribution in [0.4, 0.5) is 0 Å². The van der Waals surface area contributed by atoms with Crippen molar-refractivity contribution in [3.63, 3.8) is 0 Å². The number of carboxylic acids is 3. The van der Waals surface area contributed by atoms with Crippen molar-refractivity contribution >= 4 is 36.3 Å². The Kier molecular flexibility index (Phi) is 13.5. The van der Waals surface area contributed by atoms with Crippen LogP contribution in [0, 0.1) is 23.7 Å². The summed E-state index contributed by atoms with van der Waals surface area (Å²) in [5.41, 5.74) is -1.84. The lowest BCUT2D eigenvalue weighted by atomic mass is 9.78.